The number of benzene rings is 1. The fourth-order valence-corrected chi connectivity index (χ4v) is 1.36. The van der Waals surface area contributed by atoms with E-state index in [2.05, 4.69) is 0 Å². The third kappa shape index (κ3) is 3.36. The van der Waals surface area contributed by atoms with Gasteiger partial charge in [-0.3, -0.25) is 0 Å². The van der Waals surface area contributed by atoms with Crippen molar-refractivity contribution in [3.63, 3.8) is 0 Å². The van der Waals surface area contributed by atoms with Crippen molar-refractivity contribution < 1.29 is 50.8 Å². The second kappa shape index (κ2) is 5.72. The molecule has 0 amide bonds. The van der Waals surface area contributed by atoms with Gasteiger partial charge in [0, 0.05) is 0 Å². The number of halogens is 2. The summed E-state index contributed by atoms with van der Waals surface area (Å²) in [6.45, 7) is 0. The predicted octanol–water partition coefficient (Wildman–Crippen LogP) is -0.494. The Kier molecular flexibility index (Phi) is 5.62. The molecule has 0 heterocycles. The molecule has 7 heteroatoms. The molecular weight excluding hydrogens is 254 g/mol. The van der Waals surface area contributed by atoms with Gasteiger partial charge in [-0.05, 0) is 12.1 Å². The molecule has 0 saturated heterocycles. The van der Waals surface area contributed by atoms with Gasteiger partial charge in [0.2, 0.25) is 0 Å². The molecule has 0 unspecified atom stereocenters. The number of rotatable bonds is 2. The molecular formula is C8H5Cl2NaO4. The van der Waals surface area contributed by atoms with Crippen molar-refractivity contribution in [3.8, 4) is 0 Å². The van der Waals surface area contributed by atoms with Crippen LogP contribution in [0.2, 0.25) is 10.0 Å². The van der Waals surface area contributed by atoms with E-state index in [1.807, 2.05) is 0 Å². The van der Waals surface area contributed by atoms with Crippen LogP contribution in [0.15, 0.2) is 12.1 Å². The first-order valence-corrected chi connectivity index (χ1v) is 4.14. The summed E-state index contributed by atoms with van der Waals surface area (Å²) in [5, 5.41) is 17.0. The Morgan fingerprint density at radius 3 is 1.47 bits per heavy atom. The largest absolute Gasteiger partial charge is 1.00 e. The van der Waals surface area contributed by atoms with Crippen LogP contribution in [-0.4, -0.2) is 22.2 Å². The molecule has 15 heavy (non-hydrogen) atoms. The summed E-state index contributed by atoms with van der Waals surface area (Å²) < 4.78 is 0. The number of carboxylic acids is 2. The van der Waals surface area contributed by atoms with Gasteiger partial charge < -0.3 is 11.6 Å². The van der Waals surface area contributed by atoms with E-state index >= 15 is 0 Å². The van der Waals surface area contributed by atoms with Crippen molar-refractivity contribution in [1.82, 2.24) is 0 Å². The van der Waals surface area contributed by atoms with E-state index in [4.69, 9.17) is 33.4 Å². The summed E-state index contributed by atoms with van der Waals surface area (Å²) >= 11 is 11.1. The first-order valence-electron chi connectivity index (χ1n) is 3.39. The van der Waals surface area contributed by atoms with E-state index < -0.39 is 11.9 Å². The summed E-state index contributed by atoms with van der Waals surface area (Å²) in [6, 6.07) is 2.02. The minimum Gasteiger partial charge on any atom is -1.00 e. The van der Waals surface area contributed by atoms with Gasteiger partial charge in [0.1, 0.15) is 0 Å². The van der Waals surface area contributed by atoms with E-state index in [9.17, 15) is 9.59 Å². The van der Waals surface area contributed by atoms with Crippen LogP contribution in [0, 0.1) is 0 Å². The van der Waals surface area contributed by atoms with Gasteiger partial charge in [-0.25, -0.2) is 9.59 Å². The maximum Gasteiger partial charge on any atom is 1.00 e. The average molecular weight is 259 g/mol. The summed E-state index contributed by atoms with van der Waals surface area (Å²) in [6.07, 6.45) is 0. The first-order chi connectivity index (χ1) is 6.43. The Balaban J connectivity index is 0. The molecule has 1 rings (SSSR count). The summed E-state index contributed by atoms with van der Waals surface area (Å²) in [5.74, 6) is -2.51. The maximum atomic E-state index is 10.6. The van der Waals surface area contributed by atoms with Gasteiger partial charge in [-0.15, -0.1) is 0 Å². The van der Waals surface area contributed by atoms with E-state index in [-0.39, 0.29) is 52.2 Å². The third-order valence-corrected chi connectivity index (χ3v) is 2.14. The number of aromatic carboxylic acids is 2. The number of hydrogen-bond acceptors (Lipinski definition) is 2. The molecule has 0 aliphatic rings. The zero-order valence-electron chi connectivity index (χ0n) is 8.62. The van der Waals surface area contributed by atoms with Gasteiger partial charge in [-0.1, -0.05) is 23.2 Å². The Labute approximate surface area is 119 Å². The minimum atomic E-state index is -1.26. The fourth-order valence-electron chi connectivity index (χ4n) is 0.875. The quantitative estimate of drug-likeness (QED) is 0.702. The van der Waals surface area contributed by atoms with Crippen molar-refractivity contribution in [2.75, 3.05) is 0 Å². The molecule has 1 aromatic rings. The average Bonchev–Trinajstić information content (AvgIpc) is 2.07. The van der Waals surface area contributed by atoms with E-state index in [1.54, 1.807) is 0 Å². The normalized spacial score (nSPS) is 9.20. The van der Waals surface area contributed by atoms with Crippen LogP contribution in [0.25, 0.3) is 0 Å². The Morgan fingerprint density at radius 2 is 1.27 bits per heavy atom. The van der Waals surface area contributed by atoms with E-state index in [0.717, 1.165) is 12.1 Å². The molecule has 0 spiro atoms. The van der Waals surface area contributed by atoms with Crippen LogP contribution >= 0.6 is 23.2 Å². The molecule has 0 radical (unpaired) electrons. The molecule has 1 aromatic carbocycles. The van der Waals surface area contributed by atoms with Crippen LogP contribution in [0.4, 0.5) is 0 Å². The predicted molar refractivity (Wildman–Crippen MR) is 51.5 cm³/mol. The monoisotopic (exact) mass is 258 g/mol. The van der Waals surface area contributed by atoms with Crippen LogP contribution in [0.3, 0.4) is 0 Å². The van der Waals surface area contributed by atoms with Gasteiger partial charge in [0.15, 0.2) is 0 Å². The molecule has 0 bridgehead atoms. The van der Waals surface area contributed by atoms with Crippen LogP contribution in [-0.2, 0) is 0 Å². The second-order valence-corrected chi connectivity index (χ2v) is 3.24. The first kappa shape index (κ1) is 14.7. The van der Waals surface area contributed by atoms with Gasteiger partial charge in [0.05, 0.1) is 21.2 Å². The number of hydrogen-bond donors (Lipinski definition) is 2. The SMILES string of the molecule is O=C(O)c1cc(Cl)c(C(=O)O)cc1Cl.[H-].[Na+]. The molecule has 0 aliphatic carbocycles. The van der Waals surface area contributed by atoms with Crippen LogP contribution < -0.4 is 29.6 Å². The molecule has 0 aromatic heterocycles. The van der Waals surface area contributed by atoms with Crippen LogP contribution in [0.5, 0.6) is 0 Å². The Hall–Kier alpha value is -0.260. The van der Waals surface area contributed by atoms with Crippen molar-refractivity contribution in [2.24, 2.45) is 0 Å². The molecule has 0 saturated carbocycles. The maximum absolute atomic E-state index is 10.6. The standard InChI is InChI=1S/C8H4Cl2O4.Na.H/c9-5-1-3(7(11)12)6(10)2-4(5)8(13)14;;/h1-2H,(H,11,12)(H,13,14);;/q;+1;-1. The molecule has 0 aliphatic heterocycles. The van der Waals surface area contributed by atoms with Crippen molar-refractivity contribution in [1.29, 1.82) is 0 Å². The van der Waals surface area contributed by atoms with Crippen molar-refractivity contribution >= 4 is 35.1 Å². The molecule has 0 fully saturated rings. The van der Waals surface area contributed by atoms with Gasteiger partial charge >= 0.3 is 41.5 Å². The van der Waals surface area contributed by atoms with E-state index in [1.165, 1.54) is 0 Å². The topological polar surface area (TPSA) is 74.6 Å². The molecule has 76 valence electrons. The molecule has 4 nitrogen and oxygen atoms in total. The zero-order chi connectivity index (χ0) is 10.9. The Bertz CT molecular complexity index is 385. The third-order valence-electron chi connectivity index (χ3n) is 1.52. The smallest absolute Gasteiger partial charge is 1.00 e. The molecule has 0 atom stereocenters. The van der Waals surface area contributed by atoms with Gasteiger partial charge in [-0.2, -0.15) is 0 Å². The number of carbonyl (C=O) groups is 2. The van der Waals surface area contributed by atoms with E-state index in [0.29, 0.717) is 0 Å². The summed E-state index contributed by atoms with van der Waals surface area (Å²) in [5.41, 5.74) is -0.441. The zero-order valence-corrected chi connectivity index (χ0v) is 11.1. The second-order valence-electron chi connectivity index (χ2n) is 2.42. The Morgan fingerprint density at radius 1 is 1.00 bits per heavy atom. The fraction of sp³-hybridized carbons (Fsp3) is 0. The number of carboxylic acid groups (broad SMARTS) is 2. The summed E-state index contributed by atoms with van der Waals surface area (Å²) in [4.78, 5) is 21.1. The summed E-state index contributed by atoms with van der Waals surface area (Å²) in [7, 11) is 0. The van der Waals surface area contributed by atoms with Gasteiger partial charge in [0.25, 0.3) is 0 Å². The minimum absolute atomic E-state index is 0. The van der Waals surface area contributed by atoms with Crippen LogP contribution in [0.1, 0.15) is 22.1 Å². The van der Waals surface area contributed by atoms with Crippen molar-refractivity contribution in [2.45, 2.75) is 0 Å². The van der Waals surface area contributed by atoms with Crippen molar-refractivity contribution in [3.05, 3.63) is 33.3 Å². The molecule has 2 N–H and O–H groups in total.